The summed E-state index contributed by atoms with van der Waals surface area (Å²) in [5, 5.41) is 10.7. The van der Waals surface area contributed by atoms with Gasteiger partial charge in [-0.15, -0.1) is 11.3 Å². The van der Waals surface area contributed by atoms with Crippen molar-refractivity contribution in [1.82, 2.24) is 20.1 Å². The molecule has 3 aromatic rings. The third-order valence-electron chi connectivity index (χ3n) is 3.45. The molecule has 0 atom stereocenters. The van der Waals surface area contributed by atoms with Gasteiger partial charge in [0.1, 0.15) is 10.7 Å². The Kier molecular flexibility index (Phi) is 4.89. The highest BCUT2D eigenvalue weighted by molar-refractivity contribution is 7.13. The molecule has 1 amide bonds. The number of nitrogens with zero attached hydrogens (tertiary/aromatic N) is 3. The van der Waals surface area contributed by atoms with E-state index in [0.717, 1.165) is 16.3 Å². The lowest BCUT2D eigenvalue weighted by Crippen LogP contribution is -2.25. The lowest BCUT2D eigenvalue weighted by Gasteiger charge is -2.04. The quantitative estimate of drug-likeness (QED) is 0.741. The van der Waals surface area contributed by atoms with Crippen LogP contribution in [0, 0.1) is 6.92 Å². The molecule has 124 valence electrons. The number of aryl methyl sites for hydroxylation is 2. The second-order valence-electron chi connectivity index (χ2n) is 5.18. The zero-order valence-electron chi connectivity index (χ0n) is 13.0. The van der Waals surface area contributed by atoms with Gasteiger partial charge in [0, 0.05) is 18.0 Å². The zero-order chi connectivity index (χ0) is 17.3. The van der Waals surface area contributed by atoms with Crippen molar-refractivity contribution >= 4 is 40.4 Å². The molecule has 0 aliphatic rings. The number of carbonyl (C=O) groups excluding carboxylic acids is 1. The topological polar surface area (TPSA) is 59.8 Å². The monoisotopic (exact) mass is 380 g/mol. The first kappa shape index (κ1) is 17.0. The molecule has 24 heavy (non-hydrogen) atoms. The van der Waals surface area contributed by atoms with Crippen molar-refractivity contribution in [2.75, 3.05) is 0 Å². The zero-order valence-corrected chi connectivity index (χ0v) is 15.3. The maximum Gasteiger partial charge on any atom is 0.271 e. The van der Waals surface area contributed by atoms with E-state index in [2.05, 4.69) is 15.4 Å². The largest absolute Gasteiger partial charge is 0.345 e. The van der Waals surface area contributed by atoms with Crippen LogP contribution in [-0.2, 0) is 13.6 Å². The lowest BCUT2D eigenvalue weighted by molar-refractivity contribution is 0.0941. The molecule has 0 radical (unpaired) electrons. The summed E-state index contributed by atoms with van der Waals surface area (Å²) in [6.07, 6.45) is 0. The van der Waals surface area contributed by atoms with Crippen molar-refractivity contribution in [1.29, 1.82) is 0 Å². The Bertz CT molecular complexity index is 903. The van der Waals surface area contributed by atoms with Gasteiger partial charge in [0.25, 0.3) is 5.91 Å². The Labute approximate surface area is 153 Å². The number of thiazole rings is 1. The van der Waals surface area contributed by atoms with Crippen LogP contribution in [0.1, 0.15) is 21.9 Å². The third kappa shape index (κ3) is 3.31. The van der Waals surface area contributed by atoms with Crippen LogP contribution in [0.4, 0.5) is 0 Å². The van der Waals surface area contributed by atoms with Gasteiger partial charge in [-0.25, -0.2) is 4.98 Å². The Balaban J connectivity index is 1.72. The van der Waals surface area contributed by atoms with Crippen LogP contribution in [0.5, 0.6) is 0 Å². The van der Waals surface area contributed by atoms with E-state index < -0.39 is 0 Å². The van der Waals surface area contributed by atoms with Gasteiger partial charge in [-0.3, -0.25) is 9.48 Å². The molecule has 1 N–H and O–H groups in total. The number of benzene rings is 1. The number of rotatable bonds is 4. The van der Waals surface area contributed by atoms with Crippen LogP contribution < -0.4 is 5.32 Å². The Hall–Kier alpha value is -1.89. The van der Waals surface area contributed by atoms with Gasteiger partial charge in [0.15, 0.2) is 0 Å². The molecule has 0 fully saturated rings. The van der Waals surface area contributed by atoms with Crippen molar-refractivity contribution in [3.63, 3.8) is 0 Å². The fourth-order valence-electron chi connectivity index (χ4n) is 2.28. The van der Waals surface area contributed by atoms with E-state index in [-0.39, 0.29) is 5.91 Å². The average molecular weight is 381 g/mol. The molecule has 0 saturated heterocycles. The summed E-state index contributed by atoms with van der Waals surface area (Å²) in [5.74, 6) is -0.282. The standard InChI is InChI=1S/C16H14Cl2N4OS/c1-9-13(18)14(22(2)21-9)15(23)19-7-10-8-24-16(20-10)11-5-3-4-6-12(11)17/h3-6,8H,7H2,1-2H3,(H,19,23). The Morgan fingerprint density at radius 2 is 2.08 bits per heavy atom. The summed E-state index contributed by atoms with van der Waals surface area (Å²) in [5.41, 5.74) is 2.61. The third-order valence-corrected chi connectivity index (χ3v) is 5.16. The average Bonchev–Trinajstić information content (AvgIpc) is 3.11. The molecule has 0 aliphatic carbocycles. The molecule has 2 aromatic heterocycles. The SMILES string of the molecule is Cc1nn(C)c(C(=O)NCc2csc(-c3ccccc3Cl)n2)c1Cl. The van der Waals surface area contributed by atoms with E-state index in [1.165, 1.54) is 16.0 Å². The molecule has 1 aromatic carbocycles. The van der Waals surface area contributed by atoms with Gasteiger partial charge in [0.05, 0.1) is 28.0 Å². The predicted octanol–water partition coefficient (Wildman–Crippen LogP) is 4.09. The van der Waals surface area contributed by atoms with Crippen LogP contribution in [0.2, 0.25) is 10.0 Å². The summed E-state index contributed by atoms with van der Waals surface area (Å²) >= 11 is 13.8. The fraction of sp³-hybridized carbons (Fsp3) is 0.188. The van der Waals surface area contributed by atoms with Gasteiger partial charge >= 0.3 is 0 Å². The Morgan fingerprint density at radius 3 is 2.75 bits per heavy atom. The van der Waals surface area contributed by atoms with Crippen LogP contribution in [-0.4, -0.2) is 20.7 Å². The van der Waals surface area contributed by atoms with Crippen LogP contribution in [0.15, 0.2) is 29.6 Å². The minimum Gasteiger partial charge on any atom is -0.345 e. The molecule has 8 heteroatoms. The van der Waals surface area contributed by atoms with Gasteiger partial charge in [-0.1, -0.05) is 41.4 Å². The van der Waals surface area contributed by atoms with Crippen LogP contribution in [0.3, 0.4) is 0 Å². The van der Waals surface area contributed by atoms with E-state index >= 15 is 0 Å². The Morgan fingerprint density at radius 1 is 1.33 bits per heavy atom. The normalized spacial score (nSPS) is 10.8. The molecule has 0 unspecified atom stereocenters. The van der Waals surface area contributed by atoms with Gasteiger partial charge < -0.3 is 5.32 Å². The second kappa shape index (κ2) is 6.93. The summed E-state index contributed by atoms with van der Waals surface area (Å²) in [4.78, 5) is 16.8. The number of hydrogen-bond donors (Lipinski definition) is 1. The van der Waals surface area contributed by atoms with Gasteiger partial charge in [0.2, 0.25) is 0 Å². The van der Waals surface area contributed by atoms with E-state index in [9.17, 15) is 4.79 Å². The first-order valence-corrected chi connectivity index (χ1v) is 8.77. The molecule has 0 saturated carbocycles. The molecule has 3 rings (SSSR count). The molecule has 0 spiro atoms. The molecule has 5 nitrogen and oxygen atoms in total. The van der Waals surface area contributed by atoms with Crippen molar-refractivity contribution < 1.29 is 4.79 Å². The van der Waals surface area contributed by atoms with Crippen LogP contribution >= 0.6 is 34.5 Å². The smallest absolute Gasteiger partial charge is 0.271 e. The van der Waals surface area contributed by atoms with Crippen molar-refractivity contribution in [2.24, 2.45) is 7.05 Å². The van der Waals surface area contributed by atoms with Crippen LogP contribution in [0.25, 0.3) is 10.6 Å². The van der Waals surface area contributed by atoms with Crippen molar-refractivity contribution in [2.45, 2.75) is 13.5 Å². The fourth-order valence-corrected chi connectivity index (χ4v) is 3.67. The summed E-state index contributed by atoms with van der Waals surface area (Å²) in [6, 6.07) is 7.53. The maximum atomic E-state index is 12.3. The second-order valence-corrected chi connectivity index (χ2v) is 6.82. The number of hydrogen-bond acceptors (Lipinski definition) is 4. The highest BCUT2D eigenvalue weighted by atomic mass is 35.5. The first-order chi connectivity index (χ1) is 11.5. The van der Waals surface area contributed by atoms with E-state index in [0.29, 0.717) is 28.0 Å². The molecule has 0 aliphatic heterocycles. The highest BCUT2D eigenvalue weighted by Gasteiger charge is 2.18. The molecule has 0 bridgehead atoms. The van der Waals surface area contributed by atoms with Gasteiger partial charge in [-0.2, -0.15) is 5.10 Å². The molecule has 2 heterocycles. The molecular weight excluding hydrogens is 367 g/mol. The minimum atomic E-state index is -0.282. The lowest BCUT2D eigenvalue weighted by atomic mass is 10.2. The van der Waals surface area contributed by atoms with Crippen molar-refractivity contribution in [3.8, 4) is 10.6 Å². The summed E-state index contributed by atoms with van der Waals surface area (Å²) in [7, 11) is 1.69. The summed E-state index contributed by atoms with van der Waals surface area (Å²) < 4.78 is 1.48. The predicted molar refractivity (Wildman–Crippen MR) is 96.7 cm³/mol. The number of amides is 1. The number of halogens is 2. The number of carbonyl (C=O) groups is 1. The number of aromatic nitrogens is 3. The first-order valence-electron chi connectivity index (χ1n) is 7.14. The summed E-state index contributed by atoms with van der Waals surface area (Å²) in [6.45, 7) is 2.07. The maximum absolute atomic E-state index is 12.3. The minimum absolute atomic E-state index is 0.282. The highest BCUT2D eigenvalue weighted by Crippen LogP contribution is 2.30. The number of nitrogens with one attached hydrogen (secondary N) is 1. The van der Waals surface area contributed by atoms with E-state index in [4.69, 9.17) is 23.2 Å². The van der Waals surface area contributed by atoms with E-state index in [1.807, 2.05) is 29.6 Å². The van der Waals surface area contributed by atoms with E-state index in [1.54, 1.807) is 14.0 Å². The van der Waals surface area contributed by atoms with Gasteiger partial charge in [-0.05, 0) is 13.0 Å². The van der Waals surface area contributed by atoms with Crippen molar-refractivity contribution in [3.05, 3.63) is 56.8 Å². The molecular formula is C16H14Cl2N4OS.